The van der Waals surface area contributed by atoms with Gasteiger partial charge in [-0.3, -0.25) is 4.79 Å². The summed E-state index contributed by atoms with van der Waals surface area (Å²) >= 11 is 0. The Bertz CT molecular complexity index is 298. The molecule has 2 aliphatic carbocycles. The van der Waals surface area contributed by atoms with Gasteiger partial charge in [0.1, 0.15) is 0 Å². The molecule has 0 aromatic rings. The number of carbonyl (C=O) groups is 1. The first kappa shape index (κ1) is 11.5. The van der Waals surface area contributed by atoms with Crippen LogP contribution in [-0.2, 0) is 9.53 Å². The fourth-order valence-corrected chi connectivity index (χ4v) is 2.86. The topological polar surface area (TPSA) is 50.4 Å². The van der Waals surface area contributed by atoms with Crippen LogP contribution in [0.2, 0.25) is 0 Å². The second-order valence-corrected chi connectivity index (χ2v) is 5.80. The van der Waals surface area contributed by atoms with E-state index in [1.54, 1.807) is 0 Å². The van der Waals surface area contributed by atoms with Crippen LogP contribution in [0.1, 0.15) is 44.9 Å². The van der Waals surface area contributed by atoms with Crippen molar-refractivity contribution in [1.29, 1.82) is 0 Å². The van der Waals surface area contributed by atoms with E-state index in [-0.39, 0.29) is 11.5 Å². The predicted molar refractivity (Wildman–Crippen MR) is 64.7 cm³/mol. The molecule has 2 N–H and O–H groups in total. The summed E-state index contributed by atoms with van der Waals surface area (Å²) in [6, 6.07) is 0.936. The van der Waals surface area contributed by atoms with Crippen molar-refractivity contribution >= 4 is 5.91 Å². The van der Waals surface area contributed by atoms with E-state index in [0.717, 1.165) is 32.3 Å². The van der Waals surface area contributed by atoms with Crippen molar-refractivity contribution in [1.82, 2.24) is 10.6 Å². The van der Waals surface area contributed by atoms with Crippen molar-refractivity contribution < 1.29 is 9.53 Å². The molecule has 4 nitrogen and oxygen atoms in total. The molecule has 3 rings (SSSR count). The largest absolute Gasteiger partial charge is 0.375 e. The molecule has 17 heavy (non-hydrogen) atoms. The van der Waals surface area contributed by atoms with Crippen molar-refractivity contribution in [3.8, 4) is 0 Å². The van der Waals surface area contributed by atoms with Crippen LogP contribution in [0.25, 0.3) is 0 Å². The van der Waals surface area contributed by atoms with Crippen LogP contribution in [0.5, 0.6) is 0 Å². The Morgan fingerprint density at radius 2 is 2.06 bits per heavy atom. The summed E-state index contributed by atoms with van der Waals surface area (Å²) in [6.45, 7) is 1.32. The molecular formula is C13H22N2O2. The Morgan fingerprint density at radius 3 is 2.71 bits per heavy atom. The van der Waals surface area contributed by atoms with Gasteiger partial charge >= 0.3 is 0 Å². The molecule has 0 aromatic heterocycles. The predicted octanol–water partition coefficient (Wildman–Crippen LogP) is 0.956. The van der Waals surface area contributed by atoms with Crippen molar-refractivity contribution in [2.24, 2.45) is 0 Å². The molecule has 0 aromatic carbocycles. The molecule has 1 aliphatic heterocycles. The normalized spacial score (nSPS) is 30.9. The third-order valence-electron chi connectivity index (χ3n) is 4.25. The zero-order chi connectivity index (χ0) is 11.7. The Balaban J connectivity index is 1.40. The first-order chi connectivity index (χ1) is 8.26. The van der Waals surface area contributed by atoms with Gasteiger partial charge < -0.3 is 15.4 Å². The molecule has 1 spiro atoms. The summed E-state index contributed by atoms with van der Waals surface area (Å²) in [4.78, 5) is 11.6. The monoisotopic (exact) mass is 238 g/mol. The number of hydrogen-bond donors (Lipinski definition) is 2. The lowest BCUT2D eigenvalue weighted by atomic mass is 9.74. The van der Waals surface area contributed by atoms with Crippen LogP contribution in [0.4, 0.5) is 0 Å². The van der Waals surface area contributed by atoms with Gasteiger partial charge in [-0.05, 0) is 44.9 Å². The smallest absolute Gasteiger partial charge is 0.234 e. The zero-order valence-corrected chi connectivity index (χ0v) is 10.3. The molecule has 1 unspecified atom stereocenters. The van der Waals surface area contributed by atoms with Gasteiger partial charge in [-0.25, -0.2) is 0 Å². The highest BCUT2D eigenvalue weighted by Crippen LogP contribution is 2.42. The van der Waals surface area contributed by atoms with Crippen LogP contribution in [-0.4, -0.2) is 36.7 Å². The van der Waals surface area contributed by atoms with Gasteiger partial charge in [0.25, 0.3) is 0 Å². The van der Waals surface area contributed by atoms with Gasteiger partial charge in [-0.1, -0.05) is 0 Å². The van der Waals surface area contributed by atoms with E-state index in [0.29, 0.717) is 18.6 Å². The highest BCUT2D eigenvalue weighted by Gasteiger charge is 2.42. The van der Waals surface area contributed by atoms with E-state index in [1.807, 2.05) is 0 Å². The van der Waals surface area contributed by atoms with Crippen LogP contribution in [0.15, 0.2) is 0 Å². The number of carbonyl (C=O) groups excluding carboxylic acids is 1. The van der Waals surface area contributed by atoms with Gasteiger partial charge in [-0.15, -0.1) is 0 Å². The number of ether oxygens (including phenoxy) is 1. The molecule has 4 heteroatoms. The fourth-order valence-electron chi connectivity index (χ4n) is 2.86. The SMILES string of the molecule is O=C(CNC1CCOC2(CCC2)C1)NC1CC1. The number of rotatable bonds is 4. The lowest BCUT2D eigenvalue weighted by molar-refractivity contribution is -0.137. The Hall–Kier alpha value is -0.610. The minimum Gasteiger partial charge on any atom is -0.375 e. The van der Waals surface area contributed by atoms with Crippen LogP contribution < -0.4 is 10.6 Å². The molecule has 0 bridgehead atoms. The van der Waals surface area contributed by atoms with E-state index in [1.165, 1.54) is 19.3 Å². The molecular weight excluding hydrogens is 216 g/mol. The molecule has 1 saturated heterocycles. The average Bonchev–Trinajstić information content (AvgIpc) is 3.09. The van der Waals surface area contributed by atoms with Crippen molar-refractivity contribution in [2.45, 2.75) is 62.6 Å². The number of hydrogen-bond acceptors (Lipinski definition) is 3. The Kier molecular flexibility index (Phi) is 3.09. The van der Waals surface area contributed by atoms with Crippen LogP contribution >= 0.6 is 0 Å². The lowest BCUT2D eigenvalue weighted by Crippen LogP contribution is -2.52. The van der Waals surface area contributed by atoms with Crippen molar-refractivity contribution in [3.05, 3.63) is 0 Å². The van der Waals surface area contributed by atoms with E-state index >= 15 is 0 Å². The third kappa shape index (κ3) is 2.80. The molecule has 1 amide bonds. The van der Waals surface area contributed by atoms with Crippen LogP contribution in [0, 0.1) is 0 Å². The Morgan fingerprint density at radius 1 is 1.24 bits per heavy atom. The van der Waals surface area contributed by atoms with Gasteiger partial charge in [0.15, 0.2) is 0 Å². The second-order valence-electron chi connectivity index (χ2n) is 5.80. The standard InChI is InChI=1S/C13H22N2O2/c16-12(15-10-2-3-10)9-14-11-4-7-17-13(8-11)5-1-6-13/h10-11,14H,1-9H2,(H,15,16). The summed E-state index contributed by atoms with van der Waals surface area (Å²) in [5.41, 5.74) is 0.170. The van der Waals surface area contributed by atoms with E-state index in [9.17, 15) is 4.79 Å². The fraction of sp³-hybridized carbons (Fsp3) is 0.923. The number of nitrogens with one attached hydrogen (secondary N) is 2. The molecule has 3 aliphatic rings. The zero-order valence-electron chi connectivity index (χ0n) is 10.3. The molecule has 0 radical (unpaired) electrons. The summed E-state index contributed by atoms with van der Waals surface area (Å²) in [5.74, 6) is 0.154. The van der Waals surface area contributed by atoms with Gasteiger partial charge in [0.05, 0.1) is 12.1 Å². The van der Waals surface area contributed by atoms with Crippen LogP contribution in [0.3, 0.4) is 0 Å². The highest BCUT2D eigenvalue weighted by atomic mass is 16.5. The summed E-state index contributed by atoms with van der Waals surface area (Å²) < 4.78 is 5.87. The summed E-state index contributed by atoms with van der Waals surface area (Å²) in [6.07, 6.45) is 8.16. The average molecular weight is 238 g/mol. The third-order valence-corrected chi connectivity index (χ3v) is 4.25. The van der Waals surface area contributed by atoms with Gasteiger partial charge in [0, 0.05) is 18.7 Å². The van der Waals surface area contributed by atoms with Crippen molar-refractivity contribution in [3.63, 3.8) is 0 Å². The molecule has 96 valence electrons. The first-order valence-electron chi connectivity index (χ1n) is 6.93. The van der Waals surface area contributed by atoms with Gasteiger partial charge in [0.2, 0.25) is 5.91 Å². The molecule has 3 fully saturated rings. The maximum absolute atomic E-state index is 11.6. The molecule has 1 atom stereocenters. The lowest BCUT2D eigenvalue weighted by Gasteiger charge is -2.47. The highest BCUT2D eigenvalue weighted by molar-refractivity contribution is 5.78. The van der Waals surface area contributed by atoms with E-state index in [2.05, 4.69) is 10.6 Å². The van der Waals surface area contributed by atoms with E-state index in [4.69, 9.17) is 4.74 Å². The minimum absolute atomic E-state index is 0.154. The minimum atomic E-state index is 0.154. The maximum atomic E-state index is 11.6. The quantitative estimate of drug-likeness (QED) is 0.767. The van der Waals surface area contributed by atoms with Crippen molar-refractivity contribution in [2.75, 3.05) is 13.2 Å². The van der Waals surface area contributed by atoms with E-state index < -0.39 is 0 Å². The maximum Gasteiger partial charge on any atom is 0.234 e. The summed E-state index contributed by atoms with van der Waals surface area (Å²) in [7, 11) is 0. The number of amides is 1. The molecule has 1 heterocycles. The Labute approximate surface area is 102 Å². The first-order valence-corrected chi connectivity index (χ1v) is 6.93. The molecule has 2 saturated carbocycles. The summed E-state index contributed by atoms with van der Waals surface area (Å²) in [5, 5.41) is 6.40. The second kappa shape index (κ2) is 4.58. The van der Waals surface area contributed by atoms with Gasteiger partial charge in [-0.2, -0.15) is 0 Å².